The van der Waals surface area contributed by atoms with Crippen molar-refractivity contribution in [1.29, 1.82) is 0 Å². The number of unbranched alkanes of at least 4 members (excludes halogenated alkanes) is 5. The standard InChI is InChI=1S/C14H30FSi/c1-14(11-12-15)10-8-6-4-5-7-9-13-16(2)3/h14H,4-13H2,1-3H3. The van der Waals surface area contributed by atoms with Gasteiger partial charge in [-0.05, 0) is 12.3 Å². The minimum absolute atomic E-state index is 0.0155. The van der Waals surface area contributed by atoms with E-state index < -0.39 is 0 Å². The molecular formula is C14H30FSi. The summed E-state index contributed by atoms with van der Waals surface area (Å²) >= 11 is 0. The van der Waals surface area contributed by atoms with E-state index in [2.05, 4.69) is 20.0 Å². The van der Waals surface area contributed by atoms with E-state index in [1.807, 2.05) is 0 Å². The number of halogens is 1. The summed E-state index contributed by atoms with van der Waals surface area (Å²) in [5, 5.41) is 0. The Bertz CT molecular complexity index is 137. The lowest BCUT2D eigenvalue weighted by atomic mass is 10.00. The molecule has 0 bridgehead atoms. The van der Waals surface area contributed by atoms with E-state index in [0.29, 0.717) is 5.92 Å². The zero-order valence-corrected chi connectivity index (χ0v) is 12.5. The van der Waals surface area contributed by atoms with Crippen LogP contribution in [0, 0.1) is 5.92 Å². The second kappa shape index (κ2) is 11.6. The number of hydrogen-bond donors (Lipinski definition) is 0. The molecule has 0 N–H and O–H groups in total. The third-order valence-corrected chi connectivity index (χ3v) is 4.58. The molecule has 16 heavy (non-hydrogen) atoms. The van der Waals surface area contributed by atoms with Gasteiger partial charge in [0.05, 0.1) is 6.67 Å². The van der Waals surface area contributed by atoms with Crippen molar-refractivity contribution in [2.45, 2.75) is 77.4 Å². The highest BCUT2D eigenvalue weighted by Crippen LogP contribution is 2.15. The van der Waals surface area contributed by atoms with Crippen molar-refractivity contribution in [3.63, 3.8) is 0 Å². The topological polar surface area (TPSA) is 0 Å². The predicted octanol–water partition coefficient (Wildman–Crippen LogP) is 5.47. The first kappa shape index (κ1) is 16.1. The lowest BCUT2D eigenvalue weighted by Crippen LogP contribution is -1.98. The van der Waals surface area contributed by atoms with Crippen molar-refractivity contribution in [3.8, 4) is 0 Å². The largest absolute Gasteiger partial charge is 0.251 e. The molecule has 0 nitrogen and oxygen atoms in total. The van der Waals surface area contributed by atoms with E-state index >= 15 is 0 Å². The molecule has 0 aliphatic rings. The molecule has 0 saturated carbocycles. The van der Waals surface area contributed by atoms with Gasteiger partial charge in [-0.2, -0.15) is 0 Å². The van der Waals surface area contributed by atoms with Gasteiger partial charge in [0, 0.05) is 8.80 Å². The first-order valence-corrected chi connectivity index (χ1v) is 9.72. The van der Waals surface area contributed by atoms with Crippen LogP contribution >= 0.6 is 0 Å². The van der Waals surface area contributed by atoms with Gasteiger partial charge in [-0.3, -0.25) is 4.39 Å². The normalized spacial score (nSPS) is 13.3. The Balaban J connectivity index is 3.04. The highest BCUT2D eigenvalue weighted by Gasteiger charge is 2.01. The van der Waals surface area contributed by atoms with Gasteiger partial charge in [0.15, 0.2) is 0 Å². The van der Waals surface area contributed by atoms with Crippen molar-refractivity contribution in [1.82, 2.24) is 0 Å². The molecule has 0 saturated heterocycles. The summed E-state index contributed by atoms with van der Waals surface area (Å²) in [7, 11) is 0.0155. The molecular weight excluding hydrogens is 215 g/mol. The molecule has 1 atom stereocenters. The zero-order chi connectivity index (χ0) is 12.2. The molecule has 2 heteroatoms. The van der Waals surface area contributed by atoms with Gasteiger partial charge in [-0.25, -0.2) is 0 Å². The van der Waals surface area contributed by atoms with Crippen molar-refractivity contribution in [2.75, 3.05) is 6.67 Å². The molecule has 1 radical (unpaired) electrons. The molecule has 1 unspecified atom stereocenters. The number of alkyl halides is 1. The summed E-state index contributed by atoms with van der Waals surface area (Å²) in [5.41, 5.74) is 0. The van der Waals surface area contributed by atoms with Gasteiger partial charge in [0.1, 0.15) is 0 Å². The Morgan fingerprint density at radius 3 is 2.00 bits per heavy atom. The van der Waals surface area contributed by atoms with Gasteiger partial charge < -0.3 is 0 Å². The predicted molar refractivity (Wildman–Crippen MR) is 74.4 cm³/mol. The van der Waals surface area contributed by atoms with Crippen molar-refractivity contribution >= 4 is 8.80 Å². The summed E-state index contributed by atoms with van der Waals surface area (Å²) in [5.74, 6) is 0.593. The van der Waals surface area contributed by atoms with Crippen LogP contribution in [-0.2, 0) is 0 Å². The summed E-state index contributed by atoms with van der Waals surface area (Å²) in [6.07, 6.45) is 10.3. The molecule has 0 fully saturated rings. The molecule has 0 aliphatic carbocycles. The quantitative estimate of drug-likeness (QED) is 0.334. The SMILES string of the molecule is CC(CCF)CCCCCCCC[Si](C)C. The first-order chi connectivity index (χ1) is 7.66. The first-order valence-electron chi connectivity index (χ1n) is 7.01. The van der Waals surface area contributed by atoms with Crippen LogP contribution in [0.3, 0.4) is 0 Å². The minimum Gasteiger partial charge on any atom is -0.251 e. The third kappa shape index (κ3) is 12.2. The molecule has 0 amide bonds. The molecule has 0 heterocycles. The molecule has 97 valence electrons. The summed E-state index contributed by atoms with van der Waals surface area (Å²) in [6, 6.07) is 1.48. The highest BCUT2D eigenvalue weighted by molar-refractivity contribution is 6.55. The van der Waals surface area contributed by atoms with Crippen LogP contribution in [0.1, 0.15) is 58.3 Å². The van der Waals surface area contributed by atoms with E-state index in [-0.39, 0.29) is 15.5 Å². The number of hydrogen-bond acceptors (Lipinski definition) is 0. The third-order valence-electron chi connectivity index (χ3n) is 3.23. The van der Waals surface area contributed by atoms with E-state index in [0.717, 1.165) is 6.42 Å². The van der Waals surface area contributed by atoms with E-state index in [1.165, 1.54) is 51.0 Å². The minimum atomic E-state index is -0.140. The van der Waals surface area contributed by atoms with Gasteiger partial charge in [0.25, 0.3) is 0 Å². The maximum Gasteiger partial charge on any atom is 0.0897 e. The fraction of sp³-hybridized carbons (Fsp3) is 1.00. The maximum absolute atomic E-state index is 12.0. The molecule has 0 aromatic rings. The van der Waals surface area contributed by atoms with Crippen LogP contribution in [0.2, 0.25) is 19.1 Å². The van der Waals surface area contributed by atoms with Gasteiger partial charge in [-0.1, -0.05) is 71.0 Å². The lowest BCUT2D eigenvalue weighted by molar-refractivity contribution is 0.378. The van der Waals surface area contributed by atoms with E-state index in [1.54, 1.807) is 0 Å². The Morgan fingerprint density at radius 1 is 0.875 bits per heavy atom. The average molecular weight is 245 g/mol. The Kier molecular flexibility index (Phi) is 11.7. The summed E-state index contributed by atoms with van der Waals surface area (Å²) in [4.78, 5) is 0. The fourth-order valence-corrected chi connectivity index (χ4v) is 2.97. The van der Waals surface area contributed by atoms with Crippen LogP contribution in [0.5, 0.6) is 0 Å². The summed E-state index contributed by atoms with van der Waals surface area (Å²) in [6.45, 7) is 6.83. The fourth-order valence-electron chi connectivity index (χ4n) is 2.01. The molecule has 0 spiro atoms. The smallest absolute Gasteiger partial charge is 0.0897 e. The van der Waals surface area contributed by atoms with Gasteiger partial charge >= 0.3 is 0 Å². The monoisotopic (exact) mass is 245 g/mol. The van der Waals surface area contributed by atoms with E-state index in [4.69, 9.17) is 0 Å². The van der Waals surface area contributed by atoms with Gasteiger partial charge in [-0.15, -0.1) is 0 Å². The van der Waals surface area contributed by atoms with E-state index in [9.17, 15) is 4.39 Å². The molecule has 0 aromatic heterocycles. The summed E-state index contributed by atoms with van der Waals surface area (Å²) < 4.78 is 12.0. The lowest BCUT2D eigenvalue weighted by Gasteiger charge is -2.08. The Labute approximate surface area is 104 Å². The maximum atomic E-state index is 12.0. The Hall–Kier alpha value is 0.147. The second-order valence-corrected chi connectivity index (χ2v) is 8.36. The van der Waals surface area contributed by atoms with Crippen LogP contribution in [0.25, 0.3) is 0 Å². The molecule has 0 aromatic carbocycles. The van der Waals surface area contributed by atoms with Crippen molar-refractivity contribution < 1.29 is 4.39 Å². The second-order valence-electron chi connectivity index (χ2n) is 5.45. The van der Waals surface area contributed by atoms with Crippen LogP contribution in [-0.4, -0.2) is 15.5 Å². The van der Waals surface area contributed by atoms with Gasteiger partial charge in [0.2, 0.25) is 0 Å². The van der Waals surface area contributed by atoms with Crippen LogP contribution in [0.4, 0.5) is 4.39 Å². The molecule has 0 aliphatic heterocycles. The average Bonchev–Trinajstić information content (AvgIpc) is 2.22. The zero-order valence-electron chi connectivity index (χ0n) is 11.5. The molecule has 0 rings (SSSR count). The number of rotatable bonds is 11. The Morgan fingerprint density at radius 2 is 1.44 bits per heavy atom. The van der Waals surface area contributed by atoms with Crippen molar-refractivity contribution in [2.24, 2.45) is 5.92 Å². The highest BCUT2D eigenvalue weighted by atomic mass is 28.3. The van der Waals surface area contributed by atoms with Crippen LogP contribution < -0.4 is 0 Å². The van der Waals surface area contributed by atoms with Crippen molar-refractivity contribution in [3.05, 3.63) is 0 Å². The van der Waals surface area contributed by atoms with Crippen LogP contribution in [0.15, 0.2) is 0 Å².